The Hall–Kier alpha value is -1.80. The first-order valence-corrected chi connectivity index (χ1v) is 7.91. The van der Waals surface area contributed by atoms with E-state index < -0.39 is 0 Å². The maximum Gasteiger partial charge on any atom is 0.268 e. The monoisotopic (exact) mass is 365 g/mol. The number of thiophene rings is 1. The molecule has 108 valence electrons. The van der Waals surface area contributed by atoms with E-state index >= 15 is 0 Å². The van der Waals surface area contributed by atoms with Gasteiger partial charge in [-0.05, 0) is 34.3 Å². The Balaban J connectivity index is 2.06. The number of hydrogen-bond donors (Lipinski definition) is 1. The molecule has 0 aliphatic rings. The largest absolute Gasteiger partial charge is 0.372 e. The molecule has 0 radical (unpaired) electrons. The molecular formula is C13H12BrN5OS. The highest BCUT2D eigenvalue weighted by Crippen LogP contribution is 2.24. The van der Waals surface area contributed by atoms with Crippen LogP contribution in [0.25, 0.3) is 10.2 Å². The summed E-state index contributed by atoms with van der Waals surface area (Å²) in [6.07, 6.45) is 1.52. The van der Waals surface area contributed by atoms with Crippen LogP contribution in [0.3, 0.4) is 0 Å². The Morgan fingerprint density at radius 3 is 3.00 bits per heavy atom. The number of aryl methyl sites for hydroxylation is 1. The SMILES string of the molecule is CNc1nc(Cn2cnc(C)c(Br)c2=O)nc2sccc12. The van der Waals surface area contributed by atoms with Gasteiger partial charge in [0, 0.05) is 7.05 Å². The molecule has 21 heavy (non-hydrogen) atoms. The molecule has 0 aliphatic heterocycles. The van der Waals surface area contributed by atoms with Crippen molar-refractivity contribution in [2.75, 3.05) is 12.4 Å². The first-order chi connectivity index (χ1) is 10.1. The van der Waals surface area contributed by atoms with Crippen LogP contribution >= 0.6 is 27.3 Å². The lowest BCUT2D eigenvalue weighted by Crippen LogP contribution is -2.23. The second-order valence-corrected chi connectivity index (χ2v) is 6.14. The van der Waals surface area contributed by atoms with Crippen LogP contribution < -0.4 is 10.9 Å². The third kappa shape index (κ3) is 2.56. The summed E-state index contributed by atoms with van der Waals surface area (Å²) in [6, 6.07) is 1.98. The Bertz CT molecular complexity index is 873. The van der Waals surface area contributed by atoms with Gasteiger partial charge in [-0.25, -0.2) is 15.0 Å². The van der Waals surface area contributed by atoms with Crippen molar-refractivity contribution in [2.24, 2.45) is 0 Å². The molecule has 0 aromatic carbocycles. The van der Waals surface area contributed by atoms with Gasteiger partial charge in [0.15, 0.2) is 5.82 Å². The quantitative estimate of drug-likeness (QED) is 0.771. The topological polar surface area (TPSA) is 72.7 Å². The van der Waals surface area contributed by atoms with Gasteiger partial charge in [0.1, 0.15) is 15.1 Å². The average molecular weight is 366 g/mol. The van der Waals surface area contributed by atoms with E-state index in [0.717, 1.165) is 16.0 Å². The van der Waals surface area contributed by atoms with Crippen molar-refractivity contribution in [3.05, 3.63) is 44.1 Å². The minimum Gasteiger partial charge on any atom is -0.372 e. The molecule has 3 rings (SSSR count). The van der Waals surface area contributed by atoms with E-state index in [-0.39, 0.29) is 12.1 Å². The van der Waals surface area contributed by atoms with Gasteiger partial charge in [-0.15, -0.1) is 11.3 Å². The summed E-state index contributed by atoms with van der Waals surface area (Å²) in [5.74, 6) is 1.34. The van der Waals surface area contributed by atoms with Crippen molar-refractivity contribution in [1.29, 1.82) is 0 Å². The highest BCUT2D eigenvalue weighted by molar-refractivity contribution is 9.10. The van der Waals surface area contributed by atoms with Crippen LogP contribution in [0.5, 0.6) is 0 Å². The normalized spacial score (nSPS) is 11.0. The number of hydrogen-bond acceptors (Lipinski definition) is 6. The fraction of sp³-hybridized carbons (Fsp3) is 0.231. The minimum atomic E-state index is -0.136. The van der Waals surface area contributed by atoms with Crippen molar-refractivity contribution in [2.45, 2.75) is 13.5 Å². The standard InChI is InChI=1S/C13H12BrN5OS/c1-7-10(14)13(20)19(6-16-7)5-9-17-11(15-2)8-3-4-21-12(8)18-9/h3-4,6H,5H2,1-2H3,(H,15,17,18). The molecule has 0 bridgehead atoms. The van der Waals surface area contributed by atoms with Crippen LogP contribution in [-0.4, -0.2) is 26.6 Å². The zero-order valence-electron chi connectivity index (χ0n) is 11.4. The first-order valence-electron chi connectivity index (χ1n) is 6.23. The third-order valence-corrected chi connectivity index (χ3v) is 4.80. The highest BCUT2D eigenvalue weighted by atomic mass is 79.9. The van der Waals surface area contributed by atoms with Gasteiger partial charge in [0.25, 0.3) is 5.56 Å². The summed E-state index contributed by atoms with van der Waals surface area (Å²) in [4.78, 5) is 26.2. The van der Waals surface area contributed by atoms with Crippen molar-refractivity contribution in [3.63, 3.8) is 0 Å². The first kappa shape index (κ1) is 14.2. The van der Waals surface area contributed by atoms with Crippen LogP contribution in [0, 0.1) is 6.92 Å². The molecule has 0 fully saturated rings. The summed E-state index contributed by atoms with van der Waals surface area (Å²) >= 11 is 4.81. The number of aromatic nitrogens is 4. The van der Waals surface area contributed by atoms with Crippen LogP contribution in [0.15, 0.2) is 27.0 Å². The Morgan fingerprint density at radius 1 is 1.43 bits per heavy atom. The van der Waals surface area contributed by atoms with E-state index in [1.807, 2.05) is 18.5 Å². The van der Waals surface area contributed by atoms with Crippen LogP contribution in [0.2, 0.25) is 0 Å². The fourth-order valence-corrected chi connectivity index (χ4v) is 3.09. The Morgan fingerprint density at radius 2 is 2.24 bits per heavy atom. The number of fused-ring (bicyclic) bond motifs is 1. The molecule has 3 aromatic rings. The van der Waals surface area contributed by atoms with Gasteiger partial charge in [0.05, 0.1) is 24.0 Å². The minimum absolute atomic E-state index is 0.136. The van der Waals surface area contributed by atoms with Crippen molar-refractivity contribution >= 4 is 43.3 Å². The van der Waals surface area contributed by atoms with E-state index in [9.17, 15) is 4.79 Å². The predicted molar refractivity (Wildman–Crippen MR) is 87.0 cm³/mol. The van der Waals surface area contributed by atoms with Crippen LogP contribution in [-0.2, 0) is 6.54 Å². The third-order valence-electron chi connectivity index (χ3n) is 3.08. The van der Waals surface area contributed by atoms with E-state index in [0.29, 0.717) is 16.0 Å². The predicted octanol–water partition coefficient (Wildman–Crippen LogP) is 2.41. The summed E-state index contributed by atoms with van der Waals surface area (Å²) in [5, 5.41) is 6.02. The molecule has 0 aliphatic carbocycles. The molecule has 0 amide bonds. The summed E-state index contributed by atoms with van der Waals surface area (Å²) in [6.45, 7) is 2.07. The molecule has 3 heterocycles. The van der Waals surface area contributed by atoms with Crippen LogP contribution in [0.4, 0.5) is 5.82 Å². The molecular weight excluding hydrogens is 354 g/mol. The maximum absolute atomic E-state index is 12.2. The van der Waals surface area contributed by atoms with Crippen molar-refractivity contribution in [3.8, 4) is 0 Å². The lowest BCUT2D eigenvalue weighted by Gasteiger charge is -2.08. The summed E-state index contributed by atoms with van der Waals surface area (Å²) in [5.41, 5.74) is 0.533. The van der Waals surface area contributed by atoms with Gasteiger partial charge in [-0.2, -0.15) is 0 Å². The van der Waals surface area contributed by atoms with Crippen molar-refractivity contribution in [1.82, 2.24) is 19.5 Å². The molecule has 3 aromatic heterocycles. The zero-order valence-corrected chi connectivity index (χ0v) is 13.8. The Kier molecular flexibility index (Phi) is 3.73. The summed E-state index contributed by atoms with van der Waals surface area (Å²) < 4.78 is 1.96. The second-order valence-electron chi connectivity index (χ2n) is 4.45. The molecule has 6 nitrogen and oxygen atoms in total. The number of anilines is 1. The summed E-state index contributed by atoms with van der Waals surface area (Å²) in [7, 11) is 1.82. The average Bonchev–Trinajstić information content (AvgIpc) is 2.95. The maximum atomic E-state index is 12.2. The van der Waals surface area contributed by atoms with Gasteiger partial charge >= 0.3 is 0 Å². The smallest absolute Gasteiger partial charge is 0.268 e. The van der Waals surface area contributed by atoms with Gasteiger partial charge < -0.3 is 5.32 Å². The number of nitrogens with one attached hydrogen (secondary N) is 1. The molecule has 0 saturated carbocycles. The number of nitrogens with zero attached hydrogens (tertiary/aromatic N) is 4. The van der Waals surface area contributed by atoms with Crippen molar-refractivity contribution < 1.29 is 0 Å². The molecule has 0 saturated heterocycles. The second kappa shape index (κ2) is 5.53. The molecule has 0 spiro atoms. The zero-order chi connectivity index (χ0) is 15.0. The van der Waals surface area contributed by atoms with Gasteiger partial charge in [0.2, 0.25) is 0 Å². The highest BCUT2D eigenvalue weighted by Gasteiger charge is 2.11. The van der Waals surface area contributed by atoms with Gasteiger partial charge in [-0.3, -0.25) is 9.36 Å². The van der Waals surface area contributed by atoms with E-state index in [4.69, 9.17) is 0 Å². The molecule has 0 unspecified atom stereocenters. The van der Waals surface area contributed by atoms with Gasteiger partial charge in [-0.1, -0.05) is 0 Å². The lowest BCUT2D eigenvalue weighted by molar-refractivity contribution is 0.693. The number of rotatable bonds is 3. The number of halogens is 1. The molecule has 1 N–H and O–H groups in total. The Labute approximate surface area is 133 Å². The van der Waals surface area contributed by atoms with Crippen LogP contribution in [0.1, 0.15) is 11.5 Å². The van der Waals surface area contributed by atoms with E-state index in [2.05, 4.69) is 36.2 Å². The van der Waals surface area contributed by atoms with E-state index in [1.165, 1.54) is 10.9 Å². The van der Waals surface area contributed by atoms with E-state index in [1.54, 1.807) is 18.3 Å². The fourth-order valence-electron chi connectivity index (χ4n) is 1.97. The lowest BCUT2D eigenvalue weighted by atomic mass is 10.3. The molecule has 8 heteroatoms. The molecule has 0 atom stereocenters.